The summed E-state index contributed by atoms with van der Waals surface area (Å²) in [4.78, 5) is 27.5. The Bertz CT molecular complexity index is 514. The van der Waals surface area contributed by atoms with Crippen molar-refractivity contribution in [2.75, 3.05) is 20.6 Å². The van der Waals surface area contributed by atoms with Gasteiger partial charge in [-0.3, -0.25) is 9.59 Å². The molecule has 1 aromatic heterocycles. The first-order chi connectivity index (χ1) is 9.56. The summed E-state index contributed by atoms with van der Waals surface area (Å²) in [5.41, 5.74) is 0. The lowest BCUT2D eigenvalue weighted by molar-refractivity contribution is -0.134. The van der Waals surface area contributed by atoms with E-state index in [4.69, 9.17) is 4.52 Å². The Hall–Kier alpha value is -1.85. The van der Waals surface area contributed by atoms with E-state index in [1.54, 1.807) is 18.0 Å². The van der Waals surface area contributed by atoms with Gasteiger partial charge in [0.25, 0.3) is 5.91 Å². The zero-order valence-electron chi connectivity index (χ0n) is 11.8. The lowest BCUT2D eigenvalue weighted by atomic mass is 9.88. The fraction of sp³-hybridized carbons (Fsp3) is 0.643. The molecule has 1 saturated heterocycles. The van der Waals surface area contributed by atoms with Crippen LogP contribution in [-0.2, 0) is 4.79 Å². The molecule has 2 heterocycles. The SMILES string of the molecule is CN1C[C@@H]2C[C@H](N(C)C(=O)c3ccno3)C[C@@H]2CC1=O. The number of amides is 2. The van der Waals surface area contributed by atoms with Crippen molar-refractivity contribution in [1.29, 1.82) is 0 Å². The predicted molar refractivity (Wildman–Crippen MR) is 70.9 cm³/mol. The Labute approximate surface area is 117 Å². The molecule has 2 fully saturated rings. The summed E-state index contributed by atoms with van der Waals surface area (Å²) in [5, 5.41) is 3.57. The van der Waals surface area contributed by atoms with Crippen LogP contribution in [0.5, 0.6) is 0 Å². The molecule has 0 bridgehead atoms. The van der Waals surface area contributed by atoms with E-state index in [1.165, 1.54) is 6.20 Å². The van der Waals surface area contributed by atoms with Gasteiger partial charge in [-0.15, -0.1) is 0 Å². The Morgan fingerprint density at radius 2 is 2.20 bits per heavy atom. The molecule has 6 heteroatoms. The number of fused-ring (bicyclic) bond motifs is 1. The zero-order chi connectivity index (χ0) is 14.3. The van der Waals surface area contributed by atoms with Crippen molar-refractivity contribution in [2.45, 2.75) is 25.3 Å². The zero-order valence-corrected chi connectivity index (χ0v) is 11.8. The van der Waals surface area contributed by atoms with Crippen LogP contribution in [0.3, 0.4) is 0 Å². The standard InChI is InChI=1S/C14H19N3O3/c1-16-8-10-6-11(5-9(10)7-13(16)18)17(2)14(19)12-3-4-15-20-12/h3-4,9-11H,5-8H2,1-2H3/t9-,10+,11-/m1/s1. The first kappa shape index (κ1) is 13.1. The summed E-state index contributed by atoms with van der Waals surface area (Å²) in [5.74, 6) is 1.28. The minimum atomic E-state index is -0.133. The van der Waals surface area contributed by atoms with Gasteiger partial charge in [-0.25, -0.2) is 0 Å². The number of rotatable bonds is 2. The summed E-state index contributed by atoms with van der Waals surface area (Å²) in [6.07, 6.45) is 3.95. The van der Waals surface area contributed by atoms with E-state index in [0.29, 0.717) is 18.3 Å². The molecule has 2 aliphatic rings. The van der Waals surface area contributed by atoms with Crippen molar-refractivity contribution in [3.8, 4) is 0 Å². The van der Waals surface area contributed by atoms with Crippen LogP contribution >= 0.6 is 0 Å². The third-order valence-electron chi connectivity index (χ3n) is 4.70. The Kier molecular flexibility index (Phi) is 3.23. The number of hydrogen-bond acceptors (Lipinski definition) is 4. The highest BCUT2D eigenvalue weighted by Crippen LogP contribution is 2.40. The van der Waals surface area contributed by atoms with Crippen molar-refractivity contribution in [2.24, 2.45) is 11.8 Å². The van der Waals surface area contributed by atoms with E-state index >= 15 is 0 Å². The second kappa shape index (κ2) is 4.92. The smallest absolute Gasteiger partial charge is 0.292 e. The van der Waals surface area contributed by atoms with Crippen LogP contribution in [0.25, 0.3) is 0 Å². The molecule has 20 heavy (non-hydrogen) atoms. The summed E-state index contributed by atoms with van der Waals surface area (Å²) in [7, 11) is 3.66. The van der Waals surface area contributed by atoms with E-state index in [-0.39, 0.29) is 23.6 Å². The van der Waals surface area contributed by atoms with Crippen LogP contribution in [0, 0.1) is 11.8 Å². The van der Waals surface area contributed by atoms with E-state index in [9.17, 15) is 9.59 Å². The monoisotopic (exact) mass is 277 g/mol. The molecule has 1 aliphatic carbocycles. The Balaban J connectivity index is 1.68. The summed E-state index contributed by atoms with van der Waals surface area (Å²) in [6.45, 7) is 0.810. The van der Waals surface area contributed by atoms with Gasteiger partial charge < -0.3 is 14.3 Å². The van der Waals surface area contributed by atoms with Gasteiger partial charge in [0.2, 0.25) is 11.7 Å². The molecule has 3 atom stereocenters. The maximum atomic E-state index is 12.2. The van der Waals surface area contributed by atoms with Gasteiger partial charge >= 0.3 is 0 Å². The first-order valence-corrected chi connectivity index (χ1v) is 6.98. The number of hydrogen-bond donors (Lipinski definition) is 0. The number of aromatic nitrogens is 1. The molecule has 1 aromatic rings. The largest absolute Gasteiger partial charge is 0.351 e. The van der Waals surface area contributed by atoms with Crippen molar-refractivity contribution in [3.63, 3.8) is 0 Å². The van der Waals surface area contributed by atoms with Crippen LogP contribution in [0.4, 0.5) is 0 Å². The maximum absolute atomic E-state index is 12.2. The third-order valence-corrected chi connectivity index (χ3v) is 4.70. The van der Waals surface area contributed by atoms with Crippen molar-refractivity contribution < 1.29 is 14.1 Å². The number of piperidine rings is 1. The van der Waals surface area contributed by atoms with Gasteiger partial charge in [-0.05, 0) is 24.7 Å². The van der Waals surface area contributed by atoms with Crippen molar-refractivity contribution in [1.82, 2.24) is 15.0 Å². The molecule has 1 saturated carbocycles. The second-order valence-corrected chi connectivity index (χ2v) is 5.92. The molecule has 0 unspecified atom stereocenters. The molecule has 0 N–H and O–H groups in total. The third kappa shape index (κ3) is 2.19. The molecule has 1 aliphatic heterocycles. The molecular formula is C14H19N3O3. The molecular weight excluding hydrogens is 258 g/mol. The van der Waals surface area contributed by atoms with Gasteiger partial charge in [0.05, 0.1) is 6.20 Å². The highest BCUT2D eigenvalue weighted by molar-refractivity contribution is 5.91. The molecule has 6 nitrogen and oxygen atoms in total. The lowest BCUT2D eigenvalue weighted by Crippen LogP contribution is -2.39. The van der Waals surface area contributed by atoms with Crippen LogP contribution in [0.1, 0.15) is 29.8 Å². The summed E-state index contributed by atoms with van der Waals surface area (Å²) >= 11 is 0. The minimum Gasteiger partial charge on any atom is -0.351 e. The average Bonchev–Trinajstić information content (AvgIpc) is 3.06. The summed E-state index contributed by atoms with van der Waals surface area (Å²) in [6, 6.07) is 1.76. The molecule has 0 aromatic carbocycles. The first-order valence-electron chi connectivity index (χ1n) is 6.98. The van der Waals surface area contributed by atoms with Crippen LogP contribution < -0.4 is 0 Å². The van der Waals surface area contributed by atoms with Crippen LogP contribution in [-0.4, -0.2) is 53.5 Å². The van der Waals surface area contributed by atoms with Gasteiger partial charge in [0, 0.05) is 39.2 Å². The van der Waals surface area contributed by atoms with E-state index < -0.39 is 0 Å². The Morgan fingerprint density at radius 3 is 2.90 bits per heavy atom. The number of likely N-dealkylation sites (tertiary alicyclic amines) is 1. The van der Waals surface area contributed by atoms with Crippen molar-refractivity contribution in [3.05, 3.63) is 18.0 Å². The second-order valence-electron chi connectivity index (χ2n) is 5.92. The normalized spacial score (nSPS) is 29.4. The lowest BCUT2D eigenvalue weighted by Gasteiger charge is -2.31. The highest BCUT2D eigenvalue weighted by Gasteiger charge is 2.42. The van der Waals surface area contributed by atoms with E-state index in [2.05, 4.69) is 5.16 Å². The molecule has 3 rings (SSSR count). The quantitative estimate of drug-likeness (QED) is 0.809. The minimum absolute atomic E-state index is 0.133. The molecule has 0 spiro atoms. The van der Waals surface area contributed by atoms with Crippen LogP contribution in [0.15, 0.2) is 16.8 Å². The Morgan fingerprint density at radius 1 is 1.45 bits per heavy atom. The number of carbonyl (C=O) groups is 2. The van der Waals surface area contributed by atoms with Crippen LogP contribution in [0.2, 0.25) is 0 Å². The van der Waals surface area contributed by atoms with Gasteiger partial charge in [0.15, 0.2) is 0 Å². The number of nitrogens with zero attached hydrogens (tertiary/aromatic N) is 3. The molecule has 2 amide bonds. The van der Waals surface area contributed by atoms with Gasteiger partial charge in [-0.2, -0.15) is 0 Å². The highest BCUT2D eigenvalue weighted by atomic mass is 16.5. The van der Waals surface area contributed by atoms with Gasteiger partial charge in [-0.1, -0.05) is 5.16 Å². The predicted octanol–water partition coefficient (Wildman–Crippen LogP) is 1.00. The fourth-order valence-electron chi connectivity index (χ4n) is 3.47. The van der Waals surface area contributed by atoms with Crippen molar-refractivity contribution >= 4 is 11.8 Å². The number of carbonyl (C=O) groups excluding carboxylic acids is 2. The molecule has 108 valence electrons. The fourth-order valence-corrected chi connectivity index (χ4v) is 3.47. The topological polar surface area (TPSA) is 66.7 Å². The average molecular weight is 277 g/mol. The maximum Gasteiger partial charge on any atom is 0.292 e. The van der Waals surface area contributed by atoms with E-state index in [0.717, 1.165) is 19.4 Å². The van der Waals surface area contributed by atoms with E-state index in [1.807, 2.05) is 11.9 Å². The summed E-state index contributed by atoms with van der Waals surface area (Å²) < 4.78 is 4.93. The van der Waals surface area contributed by atoms with Gasteiger partial charge in [0.1, 0.15) is 0 Å². The molecule has 0 radical (unpaired) electrons.